The van der Waals surface area contributed by atoms with Crippen LogP contribution in [0.4, 0.5) is 4.39 Å². The van der Waals surface area contributed by atoms with Crippen molar-refractivity contribution >= 4 is 0 Å². The standard InChI is InChI=1S/C12H19FN2O/c1-16-9-5-6-10(11(13)8-9)12(15)4-2-3-7-14/h5-6,8,12H,2-4,7,14-15H2,1H3/t12-/m1/s1. The second-order valence-corrected chi connectivity index (χ2v) is 3.78. The lowest BCUT2D eigenvalue weighted by Gasteiger charge is -2.13. The van der Waals surface area contributed by atoms with E-state index >= 15 is 0 Å². The van der Waals surface area contributed by atoms with Gasteiger partial charge in [-0.3, -0.25) is 0 Å². The molecule has 1 rings (SSSR count). The van der Waals surface area contributed by atoms with Gasteiger partial charge in [0.15, 0.2) is 0 Å². The topological polar surface area (TPSA) is 61.3 Å². The number of hydrogen-bond acceptors (Lipinski definition) is 3. The Morgan fingerprint density at radius 1 is 1.38 bits per heavy atom. The molecule has 0 saturated carbocycles. The van der Waals surface area contributed by atoms with Crippen LogP contribution in [0.1, 0.15) is 30.9 Å². The molecule has 0 fully saturated rings. The first-order chi connectivity index (χ1) is 7.69. The van der Waals surface area contributed by atoms with Gasteiger partial charge in [-0.15, -0.1) is 0 Å². The molecule has 3 nitrogen and oxygen atoms in total. The molecule has 4 heteroatoms. The third-order valence-electron chi connectivity index (χ3n) is 2.58. The Balaban J connectivity index is 2.64. The van der Waals surface area contributed by atoms with Crippen molar-refractivity contribution in [1.29, 1.82) is 0 Å². The third kappa shape index (κ3) is 3.47. The van der Waals surface area contributed by atoms with E-state index in [0.29, 0.717) is 17.9 Å². The molecule has 0 bridgehead atoms. The maximum Gasteiger partial charge on any atom is 0.131 e. The number of halogens is 1. The molecular formula is C12H19FN2O. The molecule has 0 aromatic heterocycles. The average molecular weight is 226 g/mol. The van der Waals surface area contributed by atoms with Gasteiger partial charge in [0.2, 0.25) is 0 Å². The number of benzene rings is 1. The van der Waals surface area contributed by atoms with E-state index in [0.717, 1.165) is 19.3 Å². The lowest BCUT2D eigenvalue weighted by atomic mass is 10.0. The van der Waals surface area contributed by atoms with Gasteiger partial charge in [0.1, 0.15) is 11.6 Å². The van der Waals surface area contributed by atoms with Gasteiger partial charge >= 0.3 is 0 Å². The van der Waals surface area contributed by atoms with E-state index in [1.54, 1.807) is 12.1 Å². The summed E-state index contributed by atoms with van der Waals surface area (Å²) in [4.78, 5) is 0. The molecule has 0 amide bonds. The summed E-state index contributed by atoms with van der Waals surface area (Å²) < 4.78 is 18.5. The summed E-state index contributed by atoms with van der Waals surface area (Å²) in [5.74, 6) is 0.204. The Morgan fingerprint density at radius 3 is 2.69 bits per heavy atom. The summed E-state index contributed by atoms with van der Waals surface area (Å²) in [6, 6.07) is 4.50. The minimum Gasteiger partial charge on any atom is -0.497 e. The lowest BCUT2D eigenvalue weighted by Crippen LogP contribution is -2.12. The zero-order valence-corrected chi connectivity index (χ0v) is 9.58. The number of ether oxygens (including phenoxy) is 1. The Hall–Kier alpha value is -1.13. The van der Waals surface area contributed by atoms with Crippen molar-refractivity contribution in [2.75, 3.05) is 13.7 Å². The summed E-state index contributed by atoms with van der Waals surface area (Å²) in [6.45, 7) is 0.651. The van der Waals surface area contributed by atoms with Crippen LogP contribution >= 0.6 is 0 Å². The maximum atomic E-state index is 13.6. The minimum absolute atomic E-state index is 0.266. The van der Waals surface area contributed by atoms with Crippen LogP contribution < -0.4 is 16.2 Å². The zero-order valence-electron chi connectivity index (χ0n) is 9.58. The van der Waals surface area contributed by atoms with Gasteiger partial charge in [-0.1, -0.05) is 12.5 Å². The third-order valence-corrected chi connectivity index (χ3v) is 2.58. The monoisotopic (exact) mass is 226 g/mol. The Bertz CT molecular complexity index is 331. The molecular weight excluding hydrogens is 207 g/mol. The van der Waals surface area contributed by atoms with Crippen molar-refractivity contribution in [1.82, 2.24) is 0 Å². The summed E-state index contributed by atoms with van der Waals surface area (Å²) in [5.41, 5.74) is 11.8. The second-order valence-electron chi connectivity index (χ2n) is 3.78. The van der Waals surface area contributed by atoms with Crippen LogP contribution in [0.2, 0.25) is 0 Å². The van der Waals surface area contributed by atoms with E-state index in [1.165, 1.54) is 13.2 Å². The summed E-state index contributed by atoms with van der Waals surface area (Å²) >= 11 is 0. The van der Waals surface area contributed by atoms with E-state index in [2.05, 4.69) is 0 Å². The number of hydrogen-bond donors (Lipinski definition) is 2. The van der Waals surface area contributed by atoms with Crippen molar-refractivity contribution in [2.24, 2.45) is 11.5 Å². The van der Waals surface area contributed by atoms with Crippen molar-refractivity contribution < 1.29 is 9.13 Å². The Kier molecular flexibility index (Phi) is 5.22. The van der Waals surface area contributed by atoms with Gasteiger partial charge in [-0.05, 0) is 25.5 Å². The molecule has 90 valence electrons. The van der Waals surface area contributed by atoms with E-state index < -0.39 is 0 Å². The van der Waals surface area contributed by atoms with Crippen LogP contribution in [0, 0.1) is 5.82 Å². The van der Waals surface area contributed by atoms with Crippen LogP contribution in [0.25, 0.3) is 0 Å². The predicted octanol–water partition coefficient (Wildman–Crippen LogP) is 1.96. The molecule has 0 aliphatic carbocycles. The highest BCUT2D eigenvalue weighted by Gasteiger charge is 2.11. The van der Waals surface area contributed by atoms with Crippen molar-refractivity contribution in [2.45, 2.75) is 25.3 Å². The molecule has 0 heterocycles. The average Bonchev–Trinajstić information content (AvgIpc) is 2.29. The highest BCUT2D eigenvalue weighted by atomic mass is 19.1. The normalized spacial score (nSPS) is 12.5. The first kappa shape index (κ1) is 12.9. The molecule has 0 saturated heterocycles. The lowest BCUT2D eigenvalue weighted by molar-refractivity contribution is 0.410. The van der Waals surface area contributed by atoms with Crippen molar-refractivity contribution in [3.63, 3.8) is 0 Å². The van der Waals surface area contributed by atoms with Crippen LogP contribution in [0.3, 0.4) is 0 Å². The van der Waals surface area contributed by atoms with Gasteiger partial charge in [0.25, 0.3) is 0 Å². The molecule has 0 radical (unpaired) electrons. The summed E-state index contributed by atoms with van der Waals surface area (Å²) in [7, 11) is 1.51. The number of methoxy groups -OCH3 is 1. The number of unbranched alkanes of at least 4 members (excludes halogenated alkanes) is 1. The van der Waals surface area contributed by atoms with Crippen LogP contribution in [0.5, 0.6) is 5.75 Å². The van der Waals surface area contributed by atoms with Crippen LogP contribution in [-0.4, -0.2) is 13.7 Å². The fourth-order valence-electron chi connectivity index (χ4n) is 1.60. The van der Waals surface area contributed by atoms with Gasteiger partial charge in [-0.25, -0.2) is 4.39 Å². The highest BCUT2D eigenvalue weighted by molar-refractivity contribution is 5.30. The van der Waals surface area contributed by atoms with Crippen LogP contribution in [-0.2, 0) is 0 Å². The molecule has 1 aromatic rings. The molecule has 1 aromatic carbocycles. The first-order valence-corrected chi connectivity index (χ1v) is 5.48. The number of nitrogens with two attached hydrogens (primary N) is 2. The van der Waals surface area contributed by atoms with E-state index in [9.17, 15) is 4.39 Å². The Morgan fingerprint density at radius 2 is 2.12 bits per heavy atom. The quantitative estimate of drug-likeness (QED) is 0.729. The van der Waals surface area contributed by atoms with Crippen LogP contribution in [0.15, 0.2) is 18.2 Å². The van der Waals surface area contributed by atoms with Gasteiger partial charge < -0.3 is 16.2 Å². The molecule has 16 heavy (non-hydrogen) atoms. The fraction of sp³-hybridized carbons (Fsp3) is 0.500. The largest absolute Gasteiger partial charge is 0.497 e. The molecule has 4 N–H and O–H groups in total. The highest BCUT2D eigenvalue weighted by Crippen LogP contribution is 2.23. The van der Waals surface area contributed by atoms with Gasteiger partial charge in [0, 0.05) is 17.7 Å². The summed E-state index contributed by atoms with van der Waals surface area (Å²) in [6.07, 6.45) is 2.59. The zero-order chi connectivity index (χ0) is 12.0. The smallest absolute Gasteiger partial charge is 0.131 e. The molecule has 0 spiro atoms. The fourth-order valence-corrected chi connectivity index (χ4v) is 1.60. The molecule has 0 unspecified atom stereocenters. The molecule has 1 atom stereocenters. The van der Waals surface area contributed by atoms with E-state index in [4.69, 9.17) is 16.2 Å². The SMILES string of the molecule is COc1ccc([C@H](N)CCCCN)c(F)c1. The van der Waals surface area contributed by atoms with Crippen molar-refractivity contribution in [3.8, 4) is 5.75 Å². The van der Waals surface area contributed by atoms with E-state index in [1.807, 2.05) is 0 Å². The number of rotatable bonds is 6. The molecule has 0 aliphatic heterocycles. The Labute approximate surface area is 95.6 Å². The molecule has 0 aliphatic rings. The summed E-state index contributed by atoms with van der Waals surface area (Å²) in [5, 5.41) is 0. The van der Waals surface area contributed by atoms with Gasteiger partial charge in [-0.2, -0.15) is 0 Å². The maximum absolute atomic E-state index is 13.6. The van der Waals surface area contributed by atoms with Crippen molar-refractivity contribution in [3.05, 3.63) is 29.6 Å². The first-order valence-electron chi connectivity index (χ1n) is 5.48. The van der Waals surface area contributed by atoms with E-state index in [-0.39, 0.29) is 11.9 Å². The van der Waals surface area contributed by atoms with Gasteiger partial charge in [0.05, 0.1) is 7.11 Å². The second kappa shape index (κ2) is 6.45. The predicted molar refractivity (Wildman–Crippen MR) is 62.8 cm³/mol. The minimum atomic E-state index is -0.306.